The molecule has 2 aromatic rings. The minimum absolute atomic E-state index is 0.385. The van der Waals surface area contributed by atoms with E-state index in [-0.39, 0.29) is 0 Å². The molecular formula is C16H22N4O3. The van der Waals surface area contributed by atoms with Gasteiger partial charge in [-0.1, -0.05) is 19.8 Å². The molecule has 0 radical (unpaired) electrons. The summed E-state index contributed by atoms with van der Waals surface area (Å²) in [6.45, 7) is 6.38. The average molecular weight is 318 g/mol. The van der Waals surface area contributed by atoms with Gasteiger partial charge >= 0.3 is 5.97 Å². The maximum Gasteiger partial charge on any atom is 0.326 e. The zero-order chi connectivity index (χ0) is 17.0. The lowest BCUT2D eigenvalue weighted by atomic mass is 10.1. The number of aromatic nitrogens is 3. The summed E-state index contributed by atoms with van der Waals surface area (Å²) in [6.07, 6.45) is 3.70. The highest BCUT2D eigenvalue weighted by Gasteiger charge is 2.22. The first-order valence-electron chi connectivity index (χ1n) is 7.84. The molecule has 0 aliphatic carbocycles. The van der Waals surface area contributed by atoms with Gasteiger partial charge in [-0.15, -0.1) is 0 Å². The topological polar surface area (TPSA) is 97.1 Å². The van der Waals surface area contributed by atoms with Crippen LogP contribution in [0.25, 0.3) is 11.0 Å². The van der Waals surface area contributed by atoms with E-state index in [1.165, 1.54) is 0 Å². The van der Waals surface area contributed by atoms with E-state index in [1.54, 1.807) is 23.9 Å². The first kappa shape index (κ1) is 16.9. The standard InChI is InChI=1S/C16H22N4O3/c1-4-6-7-13(16(22)23)19-15(21)12-8-11-9-17-20(5-2)14(11)18-10(12)3/h8-9,13H,4-7H2,1-3H3,(H,19,21)(H,22,23). The highest BCUT2D eigenvalue weighted by molar-refractivity contribution is 5.99. The normalized spacial score (nSPS) is 12.3. The fraction of sp³-hybridized carbons (Fsp3) is 0.500. The van der Waals surface area contributed by atoms with Crippen LogP contribution >= 0.6 is 0 Å². The van der Waals surface area contributed by atoms with Gasteiger partial charge in [0, 0.05) is 11.9 Å². The Hall–Kier alpha value is -2.44. The number of carboxylic acid groups (broad SMARTS) is 1. The van der Waals surface area contributed by atoms with Gasteiger partial charge in [-0.05, 0) is 26.3 Å². The van der Waals surface area contributed by atoms with Crippen molar-refractivity contribution in [1.82, 2.24) is 20.1 Å². The van der Waals surface area contributed by atoms with Crippen molar-refractivity contribution in [3.05, 3.63) is 23.5 Å². The second-order valence-electron chi connectivity index (χ2n) is 5.50. The zero-order valence-corrected chi connectivity index (χ0v) is 13.7. The van der Waals surface area contributed by atoms with Gasteiger partial charge in [0.1, 0.15) is 6.04 Å². The first-order chi connectivity index (χ1) is 11.0. The summed E-state index contributed by atoms with van der Waals surface area (Å²) in [5, 5.41) is 16.8. The van der Waals surface area contributed by atoms with Crippen LogP contribution in [0.2, 0.25) is 0 Å². The summed E-state index contributed by atoms with van der Waals surface area (Å²) in [5.41, 5.74) is 1.67. The van der Waals surface area contributed by atoms with Crippen molar-refractivity contribution in [2.45, 2.75) is 52.6 Å². The van der Waals surface area contributed by atoms with E-state index in [9.17, 15) is 14.7 Å². The molecule has 2 heterocycles. The van der Waals surface area contributed by atoms with Crippen LogP contribution in [-0.2, 0) is 11.3 Å². The molecule has 0 aliphatic rings. The Kier molecular flexibility index (Phi) is 5.31. The minimum atomic E-state index is -1.02. The van der Waals surface area contributed by atoms with E-state index in [0.717, 1.165) is 23.9 Å². The van der Waals surface area contributed by atoms with Gasteiger partial charge in [0.2, 0.25) is 0 Å². The van der Waals surface area contributed by atoms with E-state index in [0.29, 0.717) is 24.2 Å². The molecule has 0 spiro atoms. The molecule has 2 rings (SSSR count). The van der Waals surface area contributed by atoms with Crippen molar-refractivity contribution in [3.8, 4) is 0 Å². The van der Waals surface area contributed by atoms with E-state index < -0.39 is 17.9 Å². The van der Waals surface area contributed by atoms with Crippen molar-refractivity contribution in [2.75, 3.05) is 0 Å². The Morgan fingerprint density at radius 1 is 1.39 bits per heavy atom. The third-order valence-corrected chi connectivity index (χ3v) is 3.80. The molecule has 23 heavy (non-hydrogen) atoms. The molecule has 0 bridgehead atoms. The lowest BCUT2D eigenvalue weighted by molar-refractivity contribution is -0.139. The molecule has 7 nitrogen and oxygen atoms in total. The quantitative estimate of drug-likeness (QED) is 0.815. The van der Waals surface area contributed by atoms with Gasteiger partial charge in [-0.25, -0.2) is 14.5 Å². The molecule has 0 saturated heterocycles. The van der Waals surface area contributed by atoms with Gasteiger partial charge in [-0.3, -0.25) is 4.79 Å². The van der Waals surface area contributed by atoms with E-state index in [2.05, 4.69) is 15.4 Å². The Labute approximate surface area is 134 Å². The number of carbonyl (C=O) groups is 2. The number of fused-ring (bicyclic) bond motifs is 1. The number of nitrogens with one attached hydrogen (secondary N) is 1. The molecule has 0 aromatic carbocycles. The molecule has 0 aliphatic heterocycles. The lowest BCUT2D eigenvalue weighted by Gasteiger charge is -2.15. The number of carbonyl (C=O) groups excluding carboxylic acids is 1. The summed E-state index contributed by atoms with van der Waals surface area (Å²) in [6, 6.07) is 0.834. The van der Waals surface area contributed by atoms with Crippen LogP contribution in [0.4, 0.5) is 0 Å². The summed E-state index contributed by atoms with van der Waals surface area (Å²) in [4.78, 5) is 28.1. The van der Waals surface area contributed by atoms with Crippen LogP contribution in [-0.4, -0.2) is 37.8 Å². The maximum absolute atomic E-state index is 12.4. The molecule has 7 heteroatoms. The second kappa shape index (κ2) is 7.21. The number of carboxylic acids is 1. The fourth-order valence-electron chi connectivity index (χ4n) is 2.46. The average Bonchev–Trinajstić information content (AvgIpc) is 2.91. The van der Waals surface area contributed by atoms with Crippen molar-refractivity contribution in [3.63, 3.8) is 0 Å². The number of amides is 1. The van der Waals surface area contributed by atoms with Gasteiger partial charge < -0.3 is 10.4 Å². The summed E-state index contributed by atoms with van der Waals surface area (Å²) in [5.74, 6) is -1.43. The van der Waals surface area contributed by atoms with Crippen LogP contribution in [0.1, 0.15) is 49.2 Å². The van der Waals surface area contributed by atoms with Crippen LogP contribution in [0.3, 0.4) is 0 Å². The number of rotatable bonds is 7. The predicted molar refractivity (Wildman–Crippen MR) is 86.4 cm³/mol. The largest absolute Gasteiger partial charge is 0.480 e. The molecule has 0 saturated carbocycles. The van der Waals surface area contributed by atoms with Crippen molar-refractivity contribution in [2.24, 2.45) is 0 Å². The number of hydrogen-bond acceptors (Lipinski definition) is 4. The zero-order valence-electron chi connectivity index (χ0n) is 13.7. The molecule has 2 aromatic heterocycles. The Bertz CT molecular complexity index is 723. The van der Waals surface area contributed by atoms with Crippen LogP contribution in [0.5, 0.6) is 0 Å². The highest BCUT2D eigenvalue weighted by atomic mass is 16.4. The molecule has 2 N–H and O–H groups in total. The molecule has 124 valence electrons. The number of nitrogens with zero attached hydrogens (tertiary/aromatic N) is 3. The molecular weight excluding hydrogens is 296 g/mol. The first-order valence-corrected chi connectivity index (χ1v) is 7.84. The monoisotopic (exact) mass is 318 g/mol. The molecule has 1 amide bonds. The van der Waals surface area contributed by atoms with Crippen LogP contribution in [0.15, 0.2) is 12.3 Å². The summed E-state index contributed by atoms with van der Waals surface area (Å²) >= 11 is 0. The number of aliphatic carboxylic acids is 1. The van der Waals surface area contributed by atoms with Gasteiger partial charge in [0.25, 0.3) is 5.91 Å². The van der Waals surface area contributed by atoms with E-state index >= 15 is 0 Å². The molecule has 1 unspecified atom stereocenters. The molecule has 1 atom stereocenters. The van der Waals surface area contributed by atoms with Gasteiger partial charge in [-0.2, -0.15) is 5.10 Å². The number of unbranched alkanes of at least 4 members (excludes halogenated alkanes) is 1. The number of aryl methyl sites for hydroxylation is 2. The second-order valence-corrected chi connectivity index (χ2v) is 5.50. The van der Waals surface area contributed by atoms with E-state index in [4.69, 9.17) is 0 Å². The third-order valence-electron chi connectivity index (χ3n) is 3.80. The predicted octanol–water partition coefficient (Wildman–Crippen LogP) is 2.13. The highest BCUT2D eigenvalue weighted by Crippen LogP contribution is 2.17. The minimum Gasteiger partial charge on any atom is -0.480 e. The van der Waals surface area contributed by atoms with Crippen LogP contribution in [0, 0.1) is 6.92 Å². The SMILES string of the molecule is CCCCC(NC(=O)c1cc2cnn(CC)c2nc1C)C(=O)O. The Morgan fingerprint density at radius 2 is 2.13 bits per heavy atom. The summed E-state index contributed by atoms with van der Waals surface area (Å²) in [7, 11) is 0. The van der Waals surface area contributed by atoms with Crippen molar-refractivity contribution in [1.29, 1.82) is 0 Å². The smallest absolute Gasteiger partial charge is 0.326 e. The van der Waals surface area contributed by atoms with Crippen molar-refractivity contribution >= 4 is 22.9 Å². The van der Waals surface area contributed by atoms with E-state index in [1.807, 2.05) is 13.8 Å². The van der Waals surface area contributed by atoms with Crippen LogP contribution < -0.4 is 5.32 Å². The van der Waals surface area contributed by atoms with Crippen molar-refractivity contribution < 1.29 is 14.7 Å². The molecule has 0 fully saturated rings. The summed E-state index contributed by atoms with van der Waals surface area (Å²) < 4.78 is 1.76. The third kappa shape index (κ3) is 3.67. The fourth-order valence-corrected chi connectivity index (χ4v) is 2.46. The van der Waals surface area contributed by atoms with Gasteiger partial charge in [0.05, 0.1) is 17.5 Å². The Morgan fingerprint density at radius 3 is 2.74 bits per heavy atom. The Balaban J connectivity index is 2.26. The lowest BCUT2D eigenvalue weighted by Crippen LogP contribution is -2.41. The number of pyridine rings is 1. The number of hydrogen-bond donors (Lipinski definition) is 2. The van der Waals surface area contributed by atoms with Gasteiger partial charge in [0.15, 0.2) is 5.65 Å². The maximum atomic E-state index is 12.4.